The molecule has 5 heteroatoms. The Morgan fingerprint density at radius 2 is 0.879 bits per heavy atom. The monoisotopic (exact) mass is 435 g/mol. The number of rotatable bonds is 8. The second kappa shape index (κ2) is 10.8. The van der Waals surface area contributed by atoms with Gasteiger partial charge in [0, 0.05) is 23.8 Å². The predicted molar refractivity (Wildman–Crippen MR) is 137 cm³/mol. The van der Waals surface area contributed by atoms with E-state index in [-0.39, 0.29) is 0 Å². The van der Waals surface area contributed by atoms with Crippen molar-refractivity contribution in [2.24, 2.45) is 9.98 Å². The van der Waals surface area contributed by atoms with Gasteiger partial charge in [-0.15, -0.1) is 0 Å². The number of nitrogens with one attached hydrogen (secondary N) is 1. The van der Waals surface area contributed by atoms with Gasteiger partial charge >= 0.3 is 0 Å². The molecule has 4 aromatic rings. The summed E-state index contributed by atoms with van der Waals surface area (Å²) in [6, 6.07) is 31.6. The molecule has 0 unspecified atom stereocenters. The molecular weight excluding hydrogens is 410 g/mol. The lowest BCUT2D eigenvalue weighted by Crippen LogP contribution is -1.89. The minimum Gasteiger partial charge on any atom is -0.497 e. The van der Waals surface area contributed by atoms with E-state index in [1.54, 1.807) is 14.2 Å². The Kier molecular flexibility index (Phi) is 7.13. The highest BCUT2D eigenvalue weighted by Crippen LogP contribution is 2.23. The van der Waals surface area contributed by atoms with Gasteiger partial charge in [-0.25, -0.2) is 0 Å². The van der Waals surface area contributed by atoms with Crippen molar-refractivity contribution in [1.29, 1.82) is 0 Å². The Bertz CT molecular complexity index is 1110. The first-order chi connectivity index (χ1) is 16.2. The maximum atomic E-state index is 5.18. The summed E-state index contributed by atoms with van der Waals surface area (Å²) in [4.78, 5) is 9.06. The molecule has 33 heavy (non-hydrogen) atoms. The van der Waals surface area contributed by atoms with Gasteiger partial charge in [-0.05, 0) is 108 Å². The summed E-state index contributed by atoms with van der Waals surface area (Å²) in [5.41, 5.74) is 5.81. The van der Waals surface area contributed by atoms with Gasteiger partial charge in [-0.3, -0.25) is 9.98 Å². The van der Waals surface area contributed by atoms with Crippen molar-refractivity contribution in [2.45, 2.75) is 0 Å². The van der Waals surface area contributed by atoms with E-state index in [0.717, 1.165) is 45.4 Å². The van der Waals surface area contributed by atoms with Crippen molar-refractivity contribution in [3.05, 3.63) is 108 Å². The van der Waals surface area contributed by atoms with Crippen LogP contribution in [0.5, 0.6) is 11.5 Å². The van der Waals surface area contributed by atoms with Gasteiger partial charge < -0.3 is 14.8 Å². The average molecular weight is 436 g/mol. The Labute approximate surface area is 194 Å². The normalized spacial score (nSPS) is 11.1. The molecule has 0 atom stereocenters. The zero-order valence-electron chi connectivity index (χ0n) is 18.6. The van der Waals surface area contributed by atoms with Gasteiger partial charge in [0.05, 0.1) is 25.6 Å². The molecule has 0 amide bonds. The SMILES string of the molecule is COc1ccc(/C=N/c2ccc(Nc3ccc(/N=C/c4ccc(OC)cc4)cc3)cc2)cc1. The van der Waals surface area contributed by atoms with E-state index >= 15 is 0 Å². The second-order valence-electron chi connectivity index (χ2n) is 7.28. The fourth-order valence-corrected chi connectivity index (χ4v) is 3.11. The Morgan fingerprint density at radius 3 is 1.21 bits per heavy atom. The van der Waals surface area contributed by atoms with Crippen LogP contribution in [0.2, 0.25) is 0 Å². The molecule has 0 fully saturated rings. The number of benzene rings is 4. The van der Waals surface area contributed by atoms with E-state index in [9.17, 15) is 0 Å². The molecule has 4 rings (SSSR count). The number of hydrogen-bond donors (Lipinski definition) is 1. The van der Waals surface area contributed by atoms with Crippen molar-refractivity contribution in [1.82, 2.24) is 0 Å². The van der Waals surface area contributed by atoms with Crippen LogP contribution in [0.1, 0.15) is 11.1 Å². The lowest BCUT2D eigenvalue weighted by atomic mass is 10.2. The molecule has 5 nitrogen and oxygen atoms in total. The van der Waals surface area contributed by atoms with E-state index in [2.05, 4.69) is 15.3 Å². The number of hydrogen-bond acceptors (Lipinski definition) is 5. The summed E-state index contributed by atoms with van der Waals surface area (Å²) >= 11 is 0. The maximum Gasteiger partial charge on any atom is 0.118 e. The van der Waals surface area contributed by atoms with E-state index in [0.29, 0.717) is 0 Å². The zero-order chi connectivity index (χ0) is 22.9. The molecule has 0 spiro atoms. The van der Waals surface area contributed by atoms with E-state index < -0.39 is 0 Å². The smallest absolute Gasteiger partial charge is 0.118 e. The highest BCUT2D eigenvalue weighted by Gasteiger charge is 1.97. The van der Waals surface area contributed by atoms with E-state index in [1.165, 1.54) is 0 Å². The van der Waals surface area contributed by atoms with Crippen LogP contribution in [-0.4, -0.2) is 26.6 Å². The van der Waals surface area contributed by atoms with Gasteiger partial charge in [0.2, 0.25) is 0 Å². The molecule has 0 heterocycles. The first-order valence-corrected chi connectivity index (χ1v) is 10.6. The zero-order valence-corrected chi connectivity index (χ0v) is 18.6. The standard InChI is InChI=1S/C28H25N3O2/c1-32-27-15-3-21(4-16-27)19-29-23-7-11-25(12-8-23)31-26-13-9-24(10-14-26)30-20-22-5-17-28(33-2)18-6-22/h3-20,31H,1-2H3/b29-19+,30-20+. The van der Waals surface area contributed by atoms with Crippen LogP contribution >= 0.6 is 0 Å². The van der Waals surface area contributed by atoms with Crippen molar-refractivity contribution in [3.63, 3.8) is 0 Å². The Balaban J connectivity index is 1.33. The highest BCUT2D eigenvalue weighted by atomic mass is 16.5. The van der Waals surface area contributed by atoms with Gasteiger partial charge in [0.25, 0.3) is 0 Å². The van der Waals surface area contributed by atoms with E-state index in [1.807, 2.05) is 109 Å². The number of aliphatic imine (C=N–C) groups is 2. The van der Waals surface area contributed by atoms with Crippen molar-refractivity contribution in [2.75, 3.05) is 19.5 Å². The molecule has 1 N–H and O–H groups in total. The summed E-state index contributed by atoms with van der Waals surface area (Å²) in [5.74, 6) is 1.67. The number of methoxy groups -OCH3 is 2. The Morgan fingerprint density at radius 1 is 0.515 bits per heavy atom. The molecule has 0 aliphatic carbocycles. The molecule has 0 aromatic heterocycles. The van der Waals surface area contributed by atoms with Gasteiger partial charge in [0.1, 0.15) is 11.5 Å². The Hall–Kier alpha value is -4.38. The van der Waals surface area contributed by atoms with Crippen LogP contribution in [0.25, 0.3) is 0 Å². The first-order valence-electron chi connectivity index (χ1n) is 10.6. The van der Waals surface area contributed by atoms with Gasteiger partial charge in [-0.1, -0.05) is 0 Å². The van der Waals surface area contributed by atoms with Crippen molar-refractivity contribution >= 4 is 35.2 Å². The summed E-state index contributed by atoms with van der Waals surface area (Å²) in [7, 11) is 3.32. The average Bonchev–Trinajstić information content (AvgIpc) is 2.88. The molecule has 0 saturated heterocycles. The second-order valence-corrected chi connectivity index (χ2v) is 7.28. The predicted octanol–water partition coefficient (Wildman–Crippen LogP) is 6.95. The summed E-state index contributed by atoms with van der Waals surface area (Å²) in [6.45, 7) is 0. The van der Waals surface area contributed by atoms with Gasteiger partial charge in [-0.2, -0.15) is 0 Å². The lowest BCUT2D eigenvalue weighted by Gasteiger charge is -2.07. The van der Waals surface area contributed by atoms with Crippen LogP contribution in [0.15, 0.2) is 107 Å². The third kappa shape index (κ3) is 6.31. The summed E-state index contributed by atoms with van der Waals surface area (Å²) < 4.78 is 10.4. The van der Waals surface area contributed by atoms with E-state index in [4.69, 9.17) is 9.47 Å². The van der Waals surface area contributed by atoms with Crippen LogP contribution in [0.3, 0.4) is 0 Å². The fraction of sp³-hybridized carbons (Fsp3) is 0.0714. The first kappa shape index (κ1) is 21.8. The van der Waals surface area contributed by atoms with Crippen LogP contribution in [0, 0.1) is 0 Å². The fourth-order valence-electron chi connectivity index (χ4n) is 3.11. The topological polar surface area (TPSA) is 55.2 Å². The quantitative estimate of drug-likeness (QED) is 0.305. The molecule has 4 aromatic carbocycles. The molecule has 0 saturated carbocycles. The minimum absolute atomic E-state index is 0.833. The minimum atomic E-state index is 0.833. The van der Waals surface area contributed by atoms with Crippen LogP contribution < -0.4 is 14.8 Å². The van der Waals surface area contributed by atoms with Crippen molar-refractivity contribution in [3.8, 4) is 11.5 Å². The third-order valence-corrected chi connectivity index (χ3v) is 4.98. The number of nitrogens with zero attached hydrogens (tertiary/aromatic N) is 2. The molecule has 0 aliphatic rings. The number of ether oxygens (including phenoxy) is 2. The number of anilines is 2. The molecule has 0 aliphatic heterocycles. The molecular formula is C28H25N3O2. The summed E-state index contributed by atoms with van der Waals surface area (Å²) in [5, 5.41) is 3.40. The largest absolute Gasteiger partial charge is 0.497 e. The summed E-state index contributed by atoms with van der Waals surface area (Å²) in [6.07, 6.45) is 3.68. The molecule has 164 valence electrons. The highest BCUT2D eigenvalue weighted by molar-refractivity contribution is 5.83. The van der Waals surface area contributed by atoms with Crippen molar-refractivity contribution < 1.29 is 9.47 Å². The molecule has 0 bridgehead atoms. The third-order valence-electron chi connectivity index (χ3n) is 4.98. The molecule has 0 radical (unpaired) electrons. The van der Waals surface area contributed by atoms with Gasteiger partial charge in [0.15, 0.2) is 0 Å². The maximum absolute atomic E-state index is 5.18. The van der Waals surface area contributed by atoms with Crippen LogP contribution in [0.4, 0.5) is 22.7 Å². The lowest BCUT2D eigenvalue weighted by molar-refractivity contribution is 0.414. The van der Waals surface area contributed by atoms with Crippen LogP contribution in [-0.2, 0) is 0 Å².